The fraction of sp³-hybridized carbons (Fsp3) is 0.917. The second-order valence-electron chi connectivity index (χ2n) is 5.07. The molecule has 0 bridgehead atoms. The van der Waals surface area contributed by atoms with Gasteiger partial charge in [0.15, 0.2) is 0 Å². The van der Waals surface area contributed by atoms with Crippen LogP contribution in [0.3, 0.4) is 0 Å². The molecular weight excluding hydrogens is 202 g/mol. The molecule has 4 nitrogen and oxygen atoms in total. The summed E-state index contributed by atoms with van der Waals surface area (Å²) in [4.78, 5) is 13.9. The Bertz CT molecular complexity index is 210. The average molecular weight is 227 g/mol. The summed E-state index contributed by atoms with van der Waals surface area (Å²) in [6.07, 6.45) is 2.17. The zero-order valence-corrected chi connectivity index (χ0v) is 10.8. The van der Waals surface area contributed by atoms with Crippen molar-refractivity contribution in [2.45, 2.75) is 32.7 Å². The first-order chi connectivity index (χ1) is 7.61. The fourth-order valence-electron chi connectivity index (χ4n) is 2.22. The number of hydrogen-bond donors (Lipinski definition) is 2. The minimum atomic E-state index is 0.116. The SMILES string of the molecule is CNCC(=O)NC1CCN(CC(C)C)CC1. The van der Waals surface area contributed by atoms with Gasteiger partial charge in [-0.3, -0.25) is 4.79 Å². The average Bonchev–Trinajstić information content (AvgIpc) is 2.20. The van der Waals surface area contributed by atoms with Crippen molar-refractivity contribution in [1.82, 2.24) is 15.5 Å². The maximum absolute atomic E-state index is 11.4. The second-order valence-corrected chi connectivity index (χ2v) is 5.07. The van der Waals surface area contributed by atoms with E-state index in [1.165, 1.54) is 6.54 Å². The van der Waals surface area contributed by atoms with Gasteiger partial charge in [-0.15, -0.1) is 0 Å². The van der Waals surface area contributed by atoms with Gasteiger partial charge in [-0.1, -0.05) is 13.8 Å². The fourth-order valence-corrected chi connectivity index (χ4v) is 2.22. The molecule has 0 radical (unpaired) electrons. The van der Waals surface area contributed by atoms with E-state index in [1.54, 1.807) is 7.05 Å². The summed E-state index contributed by atoms with van der Waals surface area (Å²) in [5, 5.41) is 5.94. The second kappa shape index (κ2) is 6.86. The number of amides is 1. The lowest BCUT2D eigenvalue weighted by molar-refractivity contribution is -0.121. The third-order valence-electron chi connectivity index (χ3n) is 2.91. The van der Waals surface area contributed by atoms with Gasteiger partial charge in [0.1, 0.15) is 0 Å². The monoisotopic (exact) mass is 227 g/mol. The molecule has 1 rings (SSSR count). The molecule has 4 heteroatoms. The molecule has 0 atom stereocenters. The molecular formula is C12H25N3O. The highest BCUT2D eigenvalue weighted by molar-refractivity contribution is 5.78. The number of likely N-dealkylation sites (tertiary alicyclic amines) is 1. The van der Waals surface area contributed by atoms with E-state index >= 15 is 0 Å². The zero-order chi connectivity index (χ0) is 12.0. The van der Waals surface area contributed by atoms with Gasteiger partial charge in [0.2, 0.25) is 5.91 Å². The summed E-state index contributed by atoms with van der Waals surface area (Å²) < 4.78 is 0. The summed E-state index contributed by atoms with van der Waals surface area (Å²) in [5.74, 6) is 0.847. The Balaban J connectivity index is 2.19. The van der Waals surface area contributed by atoms with Crippen molar-refractivity contribution >= 4 is 5.91 Å². The van der Waals surface area contributed by atoms with Crippen LogP contribution in [0.1, 0.15) is 26.7 Å². The van der Waals surface area contributed by atoms with Gasteiger partial charge in [-0.05, 0) is 25.8 Å². The van der Waals surface area contributed by atoms with Crippen LogP contribution in [0.5, 0.6) is 0 Å². The molecule has 1 aliphatic rings. The molecule has 1 fully saturated rings. The summed E-state index contributed by atoms with van der Waals surface area (Å²) in [5.41, 5.74) is 0. The number of nitrogens with zero attached hydrogens (tertiary/aromatic N) is 1. The molecule has 0 aromatic heterocycles. The number of carbonyl (C=O) groups excluding carboxylic acids is 1. The third-order valence-corrected chi connectivity index (χ3v) is 2.91. The minimum absolute atomic E-state index is 0.116. The van der Waals surface area contributed by atoms with Gasteiger partial charge >= 0.3 is 0 Å². The Hall–Kier alpha value is -0.610. The summed E-state index contributed by atoms with van der Waals surface area (Å²) in [6.45, 7) is 8.33. The van der Waals surface area contributed by atoms with Crippen LogP contribution in [-0.4, -0.2) is 50.1 Å². The number of piperidine rings is 1. The molecule has 94 valence electrons. The van der Waals surface area contributed by atoms with E-state index in [-0.39, 0.29) is 5.91 Å². The number of carbonyl (C=O) groups is 1. The number of rotatable bonds is 5. The lowest BCUT2D eigenvalue weighted by Gasteiger charge is -2.33. The van der Waals surface area contributed by atoms with Gasteiger partial charge < -0.3 is 15.5 Å². The van der Waals surface area contributed by atoms with Crippen molar-refractivity contribution < 1.29 is 4.79 Å². The molecule has 2 N–H and O–H groups in total. The van der Waals surface area contributed by atoms with E-state index in [0.29, 0.717) is 12.6 Å². The van der Waals surface area contributed by atoms with E-state index < -0.39 is 0 Å². The molecule has 0 saturated carbocycles. The first-order valence-electron chi connectivity index (χ1n) is 6.28. The van der Waals surface area contributed by atoms with Crippen molar-refractivity contribution in [3.63, 3.8) is 0 Å². The predicted molar refractivity (Wildman–Crippen MR) is 66.4 cm³/mol. The highest BCUT2D eigenvalue weighted by atomic mass is 16.1. The molecule has 0 aromatic rings. The largest absolute Gasteiger partial charge is 0.352 e. The molecule has 0 spiro atoms. The predicted octanol–water partition coefficient (Wildman–Crippen LogP) is 0.442. The van der Waals surface area contributed by atoms with Crippen LogP contribution in [0.15, 0.2) is 0 Å². The Kier molecular flexibility index (Phi) is 5.77. The van der Waals surface area contributed by atoms with E-state index in [0.717, 1.165) is 31.8 Å². The van der Waals surface area contributed by atoms with Gasteiger partial charge in [0, 0.05) is 25.7 Å². The van der Waals surface area contributed by atoms with Crippen molar-refractivity contribution in [2.24, 2.45) is 5.92 Å². The van der Waals surface area contributed by atoms with Crippen LogP contribution >= 0.6 is 0 Å². The molecule has 0 aromatic carbocycles. The van der Waals surface area contributed by atoms with Gasteiger partial charge in [-0.25, -0.2) is 0 Å². The van der Waals surface area contributed by atoms with Gasteiger partial charge in [-0.2, -0.15) is 0 Å². The maximum atomic E-state index is 11.4. The Morgan fingerprint density at radius 3 is 2.50 bits per heavy atom. The molecule has 0 aliphatic carbocycles. The first kappa shape index (κ1) is 13.5. The molecule has 0 unspecified atom stereocenters. The molecule has 1 aliphatic heterocycles. The first-order valence-corrected chi connectivity index (χ1v) is 6.28. The summed E-state index contributed by atoms with van der Waals surface area (Å²) >= 11 is 0. The van der Waals surface area contributed by atoms with Gasteiger partial charge in [0.05, 0.1) is 6.54 Å². The van der Waals surface area contributed by atoms with Crippen LogP contribution < -0.4 is 10.6 Å². The smallest absolute Gasteiger partial charge is 0.234 e. The summed E-state index contributed by atoms with van der Waals surface area (Å²) in [7, 11) is 1.80. The lowest BCUT2D eigenvalue weighted by Crippen LogP contribution is -2.47. The molecule has 1 amide bonds. The van der Waals surface area contributed by atoms with Crippen molar-refractivity contribution in [3.05, 3.63) is 0 Å². The lowest BCUT2D eigenvalue weighted by atomic mass is 10.0. The minimum Gasteiger partial charge on any atom is -0.352 e. The number of likely N-dealkylation sites (N-methyl/N-ethyl adjacent to an activating group) is 1. The van der Waals surface area contributed by atoms with E-state index in [2.05, 4.69) is 29.4 Å². The topological polar surface area (TPSA) is 44.4 Å². The van der Waals surface area contributed by atoms with E-state index in [4.69, 9.17) is 0 Å². The van der Waals surface area contributed by atoms with E-state index in [1.807, 2.05) is 0 Å². The maximum Gasteiger partial charge on any atom is 0.234 e. The zero-order valence-electron chi connectivity index (χ0n) is 10.8. The highest BCUT2D eigenvalue weighted by Crippen LogP contribution is 2.11. The van der Waals surface area contributed by atoms with Crippen LogP contribution in [0.2, 0.25) is 0 Å². The number of nitrogens with one attached hydrogen (secondary N) is 2. The van der Waals surface area contributed by atoms with Crippen molar-refractivity contribution in [3.8, 4) is 0 Å². The van der Waals surface area contributed by atoms with Gasteiger partial charge in [0.25, 0.3) is 0 Å². The van der Waals surface area contributed by atoms with Crippen molar-refractivity contribution in [2.75, 3.05) is 33.2 Å². The quantitative estimate of drug-likeness (QED) is 0.716. The number of hydrogen-bond acceptors (Lipinski definition) is 3. The van der Waals surface area contributed by atoms with Crippen LogP contribution in [0.25, 0.3) is 0 Å². The molecule has 16 heavy (non-hydrogen) atoms. The van der Waals surface area contributed by atoms with Crippen LogP contribution in [0, 0.1) is 5.92 Å². The Morgan fingerprint density at radius 1 is 1.38 bits per heavy atom. The molecule has 1 heterocycles. The summed E-state index contributed by atoms with van der Waals surface area (Å²) in [6, 6.07) is 0.379. The third kappa shape index (κ3) is 4.94. The highest BCUT2D eigenvalue weighted by Gasteiger charge is 2.20. The van der Waals surface area contributed by atoms with Crippen LogP contribution in [-0.2, 0) is 4.79 Å². The normalized spacial score (nSPS) is 19.0. The van der Waals surface area contributed by atoms with Crippen LogP contribution in [0.4, 0.5) is 0 Å². The Labute approximate surface area is 98.8 Å². The molecule has 1 saturated heterocycles. The van der Waals surface area contributed by atoms with Crippen molar-refractivity contribution in [1.29, 1.82) is 0 Å². The Morgan fingerprint density at radius 2 is 2.00 bits per heavy atom. The van der Waals surface area contributed by atoms with E-state index in [9.17, 15) is 4.79 Å². The standard InChI is InChI=1S/C12H25N3O/c1-10(2)9-15-6-4-11(5-7-15)14-12(16)8-13-3/h10-11,13H,4-9H2,1-3H3,(H,14,16).